The molecule has 0 atom stereocenters. The van der Waals surface area contributed by atoms with E-state index in [1.165, 1.54) is 11.1 Å². The zero-order chi connectivity index (χ0) is 15.9. The Kier molecular flexibility index (Phi) is 6.91. The standard InChI is InChI=1S/C20H30O/c1-16(8-6-9-17(2)13-15-21)11-12-19-18(3)10-7-14-20(19,4)5/h6-10,13,21H,11-12,14-15H2,1-5H3/b9-6+,16-8+,17-13+. The van der Waals surface area contributed by atoms with Gasteiger partial charge in [-0.3, -0.25) is 0 Å². The summed E-state index contributed by atoms with van der Waals surface area (Å²) in [5.74, 6) is 0. The van der Waals surface area contributed by atoms with Crippen molar-refractivity contribution in [2.24, 2.45) is 5.41 Å². The number of aliphatic hydroxyl groups excluding tert-OH is 1. The largest absolute Gasteiger partial charge is 0.392 e. The second-order valence-electron chi connectivity index (χ2n) is 6.65. The van der Waals surface area contributed by atoms with E-state index in [0.717, 1.165) is 24.8 Å². The van der Waals surface area contributed by atoms with Crippen molar-refractivity contribution >= 4 is 0 Å². The molecule has 0 saturated carbocycles. The highest BCUT2D eigenvalue weighted by Gasteiger charge is 2.25. The fourth-order valence-corrected chi connectivity index (χ4v) is 2.81. The van der Waals surface area contributed by atoms with Gasteiger partial charge in [-0.2, -0.15) is 0 Å². The van der Waals surface area contributed by atoms with Gasteiger partial charge in [0.2, 0.25) is 0 Å². The molecule has 1 aliphatic rings. The first-order valence-corrected chi connectivity index (χ1v) is 7.85. The van der Waals surface area contributed by atoms with Crippen molar-refractivity contribution in [2.75, 3.05) is 6.61 Å². The van der Waals surface area contributed by atoms with Gasteiger partial charge in [0.15, 0.2) is 0 Å². The summed E-state index contributed by atoms with van der Waals surface area (Å²) in [5.41, 5.74) is 5.83. The highest BCUT2D eigenvalue weighted by atomic mass is 16.2. The smallest absolute Gasteiger partial charge is 0.0617 e. The van der Waals surface area contributed by atoms with E-state index in [9.17, 15) is 0 Å². The molecule has 116 valence electrons. The first kappa shape index (κ1) is 17.7. The Bertz CT molecular complexity index is 496. The van der Waals surface area contributed by atoms with E-state index in [-0.39, 0.29) is 6.61 Å². The number of allylic oxidation sites excluding steroid dienone is 9. The van der Waals surface area contributed by atoms with Crippen LogP contribution < -0.4 is 0 Å². The van der Waals surface area contributed by atoms with Crippen LogP contribution in [0.5, 0.6) is 0 Å². The average Bonchev–Trinajstić information content (AvgIpc) is 2.37. The number of hydrogen-bond donors (Lipinski definition) is 1. The van der Waals surface area contributed by atoms with Crippen LogP contribution in [-0.4, -0.2) is 11.7 Å². The number of hydrogen-bond acceptors (Lipinski definition) is 1. The van der Waals surface area contributed by atoms with Crippen molar-refractivity contribution in [3.05, 3.63) is 58.7 Å². The van der Waals surface area contributed by atoms with Gasteiger partial charge >= 0.3 is 0 Å². The Hall–Kier alpha value is -1.34. The van der Waals surface area contributed by atoms with Crippen LogP contribution in [0.1, 0.15) is 53.9 Å². The van der Waals surface area contributed by atoms with Crippen LogP contribution in [0, 0.1) is 5.41 Å². The quantitative estimate of drug-likeness (QED) is 0.638. The molecule has 0 radical (unpaired) electrons. The van der Waals surface area contributed by atoms with Crippen molar-refractivity contribution in [1.82, 2.24) is 0 Å². The number of rotatable bonds is 6. The molecule has 0 unspecified atom stereocenters. The van der Waals surface area contributed by atoms with Crippen molar-refractivity contribution in [3.63, 3.8) is 0 Å². The fourth-order valence-electron chi connectivity index (χ4n) is 2.81. The van der Waals surface area contributed by atoms with Crippen LogP contribution in [-0.2, 0) is 0 Å². The molecule has 0 spiro atoms. The predicted molar refractivity (Wildman–Crippen MR) is 93.2 cm³/mol. The maximum atomic E-state index is 8.81. The molecule has 0 heterocycles. The van der Waals surface area contributed by atoms with Gasteiger partial charge in [-0.25, -0.2) is 0 Å². The van der Waals surface area contributed by atoms with Crippen LogP contribution >= 0.6 is 0 Å². The second kappa shape index (κ2) is 8.19. The maximum absolute atomic E-state index is 8.81. The van der Waals surface area contributed by atoms with Crippen molar-refractivity contribution in [2.45, 2.75) is 53.9 Å². The predicted octanol–water partition coefficient (Wildman–Crippen LogP) is 5.51. The highest BCUT2D eigenvalue weighted by Crippen LogP contribution is 2.39. The molecule has 0 aromatic carbocycles. The van der Waals surface area contributed by atoms with Crippen molar-refractivity contribution < 1.29 is 5.11 Å². The van der Waals surface area contributed by atoms with Crippen molar-refractivity contribution in [1.29, 1.82) is 0 Å². The van der Waals surface area contributed by atoms with Crippen LogP contribution in [0.2, 0.25) is 0 Å². The molecule has 1 rings (SSSR count). The van der Waals surface area contributed by atoms with Crippen LogP contribution in [0.4, 0.5) is 0 Å². The number of aliphatic hydroxyl groups is 1. The Morgan fingerprint density at radius 1 is 1.33 bits per heavy atom. The lowest BCUT2D eigenvalue weighted by Gasteiger charge is -2.31. The highest BCUT2D eigenvalue weighted by molar-refractivity contribution is 5.33. The van der Waals surface area contributed by atoms with E-state index in [1.807, 2.05) is 19.1 Å². The zero-order valence-electron chi connectivity index (χ0n) is 14.2. The van der Waals surface area contributed by atoms with E-state index in [4.69, 9.17) is 5.11 Å². The Balaban J connectivity index is 2.62. The van der Waals surface area contributed by atoms with Crippen molar-refractivity contribution in [3.8, 4) is 0 Å². The zero-order valence-corrected chi connectivity index (χ0v) is 14.2. The van der Waals surface area contributed by atoms with E-state index in [1.54, 1.807) is 5.57 Å². The van der Waals surface area contributed by atoms with Gasteiger partial charge in [0.05, 0.1) is 6.61 Å². The Labute approximate surface area is 130 Å². The monoisotopic (exact) mass is 286 g/mol. The molecule has 0 bridgehead atoms. The van der Waals surface area contributed by atoms with Crippen LogP contribution in [0.15, 0.2) is 58.7 Å². The van der Waals surface area contributed by atoms with E-state index in [0.29, 0.717) is 5.41 Å². The van der Waals surface area contributed by atoms with Gasteiger partial charge in [-0.05, 0) is 45.4 Å². The summed E-state index contributed by atoms with van der Waals surface area (Å²) in [4.78, 5) is 0. The summed E-state index contributed by atoms with van der Waals surface area (Å²) < 4.78 is 0. The molecule has 1 nitrogen and oxygen atoms in total. The Morgan fingerprint density at radius 3 is 2.67 bits per heavy atom. The molecular formula is C20H30O. The lowest BCUT2D eigenvalue weighted by atomic mass is 9.73. The summed E-state index contributed by atoms with van der Waals surface area (Å²) in [6.45, 7) is 11.2. The summed E-state index contributed by atoms with van der Waals surface area (Å²) in [7, 11) is 0. The minimum absolute atomic E-state index is 0.106. The normalized spacial score (nSPS) is 19.7. The third-order valence-electron chi connectivity index (χ3n) is 4.21. The maximum Gasteiger partial charge on any atom is 0.0617 e. The molecule has 1 aliphatic carbocycles. The van der Waals surface area contributed by atoms with Gasteiger partial charge < -0.3 is 5.11 Å². The first-order valence-electron chi connectivity index (χ1n) is 7.85. The average molecular weight is 286 g/mol. The Morgan fingerprint density at radius 2 is 2.05 bits per heavy atom. The molecule has 0 aromatic heterocycles. The van der Waals surface area contributed by atoms with Crippen LogP contribution in [0.3, 0.4) is 0 Å². The van der Waals surface area contributed by atoms with E-state index < -0.39 is 0 Å². The first-order chi connectivity index (χ1) is 9.86. The summed E-state index contributed by atoms with van der Waals surface area (Å²) in [6.07, 6.45) is 16.1. The molecule has 0 aromatic rings. The molecule has 1 N–H and O–H groups in total. The lowest BCUT2D eigenvalue weighted by Crippen LogP contribution is -2.17. The minimum atomic E-state index is 0.106. The lowest BCUT2D eigenvalue weighted by molar-refractivity contribution is 0.342. The van der Waals surface area contributed by atoms with E-state index >= 15 is 0 Å². The molecule has 0 saturated heterocycles. The van der Waals surface area contributed by atoms with Gasteiger partial charge in [0.25, 0.3) is 0 Å². The summed E-state index contributed by atoms with van der Waals surface area (Å²) in [6, 6.07) is 0. The molecule has 0 fully saturated rings. The molecule has 0 amide bonds. The summed E-state index contributed by atoms with van der Waals surface area (Å²) in [5, 5.41) is 8.81. The molecule has 1 heteroatoms. The van der Waals surface area contributed by atoms with Crippen LogP contribution in [0.25, 0.3) is 0 Å². The fraction of sp³-hybridized carbons (Fsp3) is 0.500. The third kappa shape index (κ3) is 5.89. The minimum Gasteiger partial charge on any atom is -0.392 e. The van der Waals surface area contributed by atoms with Gasteiger partial charge in [-0.1, -0.05) is 72.6 Å². The van der Waals surface area contributed by atoms with Gasteiger partial charge in [0.1, 0.15) is 0 Å². The summed E-state index contributed by atoms with van der Waals surface area (Å²) >= 11 is 0. The van der Waals surface area contributed by atoms with E-state index in [2.05, 4.69) is 52.0 Å². The second-order valence-corrected chi connectivity index (χ2v) is 6.65. The topological polar surface area (TPSA) is 20.2 Å². The molecule has 21 heavy (non-hydrogen) atoms. The third-order valence-corrected chi connectivity index (χ3v) is 4.21. The molecular weight excluding hydrogens is 256 g/mol. The SMILES string of the molecule is CC1=C(CC/C(C)=C/C=C/C(C)=C/CO)C(C)(C)CC=C1. The molecule has 0 aliphatic heterocycles. The van der Waals surface area contributed by atoms with Gasteiger partial charge in [-0.15, -0.1) is 0 Å². The van der Waals surface area contributed by atoms with Gasteiger partial charge in [0, 0.05) is 0 Å².